The van der Waals surface area contributed by atoms with Crippen molar-refractivity contribution in [3.8, 4) is 0 Å². The summed E-state index contributed by atoms with van der Waals surface area (Å²) in [5, 5.41) is 12.3. The number of amides is 1. The number of carboxylic acid groups (broad SMARTS) is 1. The Bertz CT molecular complexity index is 536. The third-order valence-electron chi connectivity index (χ3n) is 3.84. The van der Waals surface area contributed by atoms with Gasteiger partial charge in [-0.3, -0.25) is 9.59 Å². The van der Waals surface area contributed by atoms with Gasteiger partial charge >= 0.3 is 5.97 Å². The Labute approximate surface area is 117 Å². The van der Waals surface area contributed by atoms with E-state index in [-0.39, 0.29) is 6.42 Å². The Balaban J connectivity index is 2.34. The van der Waals surface area contributed by atoms with Crippen molar-refractivity contribution in [2.75, 3.05) is 5.32 Å². The van der Waals surface area contributed by atoms with Crippen LogP contribution in [-0.2, 0) is 4.79 Å². The smallest absolute Gasteiger partial charge is 0.305 e. The third kappa shape index (κ3) is 2.89. The number of primary amides is 1. The number of carbonyl (C=O) groups excluding carboxylic acids is 1. The fraction of sp³-hybridized carbons (Fsp3) is 0.500. The Kier molecular flexibility index (Phi) is 3.92. The third-order valence-corrected chi connectivity index (χ3v) is 3.84. The quantitative estimate of drug-likeness (QED) is 0.759. The molecule has 0 aromatic carbocycles. The van der Waals surface area contributed by atoms with Crippen molar-refractivity contribution >= 4 is 17.7 Å². The highest BCUT2D eigenvalue weighted by atomic mass is 16.4. The molecule has 20 heavy (non-hydrogen) atoms. The molecule has 1 aromatic heterocycles. The number of pyridine rings is 1. The lowest BCUT2D eigenvalue weighted by Gasteiger charge is -2.30. The number of hydrogen-bond acceptors (Lipinski definition) is 4. The van der Waals surface area contributed by atoms with Crippen LogP contribution < -0.4 is 11.1 Å². The highest BCUT2D eigenvalue weighted by Crippen LogP contribution is 2.36. The summed E-state index contributed by atoms with van der Waals surface area (Å²) in [6, 6.07) is 1.71. The van der Waals surface area contributed by atoms with Crippen LogP contribution in [0.5, 0.6) is 0 Å². The number of aromatic nitrogens is 1. The maximum Gasteiger partial charge on any atom is 0.305 e. The van der Waals surface area contributed by atoms with E-state index in [4.69, 9.17) is 10.8 Å². The fourth-order valence-corrected chi connectivity index (χ4v) is 2.90. The zero-order chi connectivity index (χ0) is 14.8. The number of nitrogens with one attached hydrogen (secondary N) is 1. The minimum Gasteiger partial charge on any atom is -0.481 e. The molecule has 1 aliphatic carbocycles. The van der Waals surface area contributed by atoms with Crippen molar-refractivity contribution in [1.29, 1.82) is 0 Å². The van der Waals surface area contributed by atoms with Gasteiger partial charge in [0.25, 0.3) is 5.91 Å². The van der Waals surface area contributed by atoms with E-state index in [2.05, 4.69) is 10.3 Å². The van der Waals surface area contributed by atoms with Gasteiger partial charge in [0.2, 0.25) is 0 Å². The molecule has 1 aliphatic rings. The van der Waals surface area contributed by atoms with Crippen LogP contribution in [0.3, 0.4) is 0 Å². The first-order chi connectivity index (χ1) is 9.43. The van der Waals surface area contributed by atoms with E-state index in [0.717, 1.165) is 31.2 Å². The number of hydrogen-bond donors (Lipinski definition) is 3. The number of carbonyl (C=O) groups is 2. The molecule has 0 atom stereocenters. The van der Waals surface area contributed by atoms with Gasteiger partial charge in [0.1, 0.15) is 5.82 Å². The highest BCUT2D eigenvalue weighted by Gasteiger charge is 2.37. The molecule has 108 valence electrons. The number of anilines is 1. The monoisotopic (exact) mass is 277 g/mol. The van der Waals surface area contributed by atoms with Crippen LogP contribution in [0.1, 0.15) is 48.0 Å². The molecular formula is C14H19N3O3. The molecule has 6 nitrogen and oxygen atoms in total. The van der Waals surface area contributed by atoms with E-state index >= 15 is 0 Å². The van der Waals surface area contributed by atoms with Gasteiger partial charge in [-0.05, 0) is 31.4 Å². The van der Waals surface area contributed by atoms with Crippen LogP contribution in [0, 0.1) is 6.92 Å². The number of nitrogens with zero attached hydrogens (tertiary/aromatic N) is 1. The summed E-state index contributed by atoms with van der Waals surface area (Å²) in [4.78, 5) is 26.8. The van der Waals surface area contributed by atoms with Crippen LogP contribution in [-0.4, -0.2) is 27.5 Å². The van der Waals surface area contributed by atoms with Crippen LogP contribution in [0.2, 0.25) is 0 Å². The lowest BCUT2D eigenvalue weighted by Crippen LogP contribution is -2.38. The molecule has 0 saturated heterocycles. The Hall–Kier alpha value is -2.11. The molecule has 1 saturated carbocycles. The average Bonchev–Trinajstić information content (AvgIpc) is 2.75. The van der Waals surface area contributed by atoms with Gasteiger partial charge < -0.3 is 16.2 Å². The summed E-state index contributed by atoms with van der Waals surface area (Å²) in [5.74, 6) is -1.02. The largest absolute Gasteiger partial charge is 0.481 e. The molecular weight excluding hydrogens is 258 g/mol. The Morgan fingerprint density at radius 1 is 1.45 bits per heavy atom. The first-order valence-electron chi connectivity index (χ1n) is 6.69. The molecule has 6 heteroatoms. The van der Waals surface area contributed by atoms with E-state index in [1.54, 1.807) is 19.2 Å². The molecule has 1 aromatic rings. The molecule has 0 unspecified atom stereocenters. The van der Waals surface area contributed by atoms with Crippen LogP contribution in [0.25, 0.3) is 0 Å². The van der Waals surface area contributed by atoms with E-state index in [9.17, 15) is 9.59 Å². The van der Waals surface area contributed by atoms with Crippen molar-refractivity contribution in [3.63, 3.8) is 0 Å². The normalized spacial score (nSPS) is 16.9. The molecule has 1 amide bonds. The van der Waals surface area contributed by atoms with Crippen molar-refractivity contribution in [2.24, 2.45) is 5.73 Å². The molecule has 0 aliphatic heterocycles. The average molecular weight is 277 g/mol. The number of nitrogens with two attached hydrogens (primary N) is 1. The van der Waals surface area contributed by atoms with Gasteiger partial charge in [0.05, 0.1) is 12.0 Å². The van der Waals surface area contributed by atoms with Crippen molar-refractivity contribution in [2.45, 2.75) is 44.6 Å². The van der Waals surface area contributed by atoms with Crippen molar-refractivity contribution < 1.29 is 14.7 Å². The van der Waals surface area contributed by atoms with E-state index in [0.29, 0.717) is 11.4 Å². The topological polar surface area (TPSA) is 105 Å². The second-order valence-electron chi connectivity index (χ2n) is 5.40. The summed E-state index contributed by atoms with van der Waals surface area (Å²) < 4.78 is 0. The van der Waals surface area contributed by atoms with Crippen LogP contribution in [0.4, 0.5) is 5.82 Å². The van der Waals surface area contributed by atoms with Gasteiger partial charge in [-0.2, -0.15) is 0 Å². The maximum atomic E-state index is 11.6. The minimum atomic E-state index is -0.854. The molecule has 0 bridgehead atoms. The number of carboxylic acids is 1. The summed E-state index contributed by atoms with van der Waals surface area (Å²) in [5.41, 5.74) is 5.94. The molecule has 4 N–H and O–H groups in total. The predicted molar refractivity (Wildman–Crippen MR) is 74.6 cm³/mol. The lowest BCUT2D eigenvalue weighted by molar-refractivity contribution is -0.138. The zero-order valence-electron chi connectivity index (χ0n) is 11.5. The Morgan fingerprint density at radius 2 is 2.10 bits per heavy atom. The van der Waals surface area contributed by atoms with Crippen molar-refractivity contribution in [1.82, 2.24) is 4.98 Å². The van der Waals surface area contributed by atoms with E-state index in [1.807, 2.05) is 0 Å². The molecule has 1 heterocycles. The van der Waals surface area contributed by atoms with Gasteiger partial charge in [-0.15, -0.1) is 0 Å². The first-order valence-corrected chi connectivity index (χ1v) is 6.69. The number of aryl methyl sites for hydroxylation is 1. The standard InChI is InChI=1S/C14H19N3O3/c1-9-4-7-16-13(11(9)12(15)20)17-14(8-10(18)19)5-2-3-6-14/h4,7H,2-3,5-6,8H2,1H3,(H2,15,20)(H,16,17)(H,18,19). The molecule has 0 radical (unpaired) electrons. The van der Waals surface area contributed by atoms with Gasteiger partial charge in [-0.1, -0.05) is 12.8 Å². The van der Waals surface area contributed by atoms with Crippen LogP contribution >= 0.6 is 0 Å². The van der Waals surface area contributed by atoms with Gasteiger partial charge in [0.15, 0.2) is 0 Å². The lowest BCUT2D eigenvalue weighted by atomic mass is 9.92. The summed E-state index contributed by atoms with van der Waals surface area (Å²) >= 11 is 0. The predicted octanol–water partition coefficient (Wildman–Crippen LogP) is 1.69. The number of aliphatic carboxylic acids is 1. The summed E-state index contributed by atoms with van der Waals surface area (Å²) in [6.45, 7) is 1.78. The van der Waals surface area contributed by atoms with Crippen LogP contribution in [0.15, 0.2) is 12.3 Å². The van der Waals surface area contributed by atoms with E-state index in [1.165, 1.54) is 0 Å². The molecule has 0 spiro atoms. The Morgan fingerprint density at radius 3 is 2.65 bits per heavy atom. The highest BCUT2D eigenvalue weighted by molar-refractivity contribution is 5.99. The van der Waals surface area contributed by atoms with E-state index < -0.39 is 17.4 Å². The SMILES string of the molecule is Cc1ccnc(NC2(CC(=O)O)CCCC2)c1C(N)=O. The fourth-order valence-electron chi connectivity index (χ4n) is 2.90. The second-order valence-corrected chi connectivity index (χ2v) is 5.40. The summed E-state index contributed by atoms with van der Waals surface area (Å²) in [7, 11) is 0. The van der Waals surface area contributed by atoms with Gasteiger partial charge in [-0.25, -0.2) is 4.98 Å². The number of rotatable bonds is 5. The minimum absolute atomic E-state index is 0.0147. The van der Waals surface area contributed by atoms with Crippen molar-refractivity contribution in [3.05, 3.63) is 23.4 Å². The summed E-state index contributed by atoms with van der Waals surface area (Å²) in [6.07, 6.45) is 5.06. The second kappa shape index (κ2) is 5.48. The van der Waals surface area contributed by atoms with Gasteiger partial charge in [0, 0.05) is 11.7 Å². The zero-order valence-corrected chi connectivity index (χ0v) is 11.5. The first kappa shape index (κ1) is 14.3. The molecule has 1 fully saturated rings. The molecule has 2 rings (SSSR count). The maximum absolute atomic E-state index is 11.6.